The van der Waals surface area contributed by atoms with Gasteiger partial charge in [-0.05, 0) is 13.8 Å². The van der Waals surface area contributed by atoms with E-state index in [1.54, 1.807) is 6.92 Å². The molecule has 0 bridgehead atoms. The SMILES string of the molecule is CC(=O)C[C@H]1[C@@H](OC(C)=O)[C@H](n2cc(F)c(N)nc2=O)O[C@@H]1C. The van der Waals surface area contributed by atoms with Gasteiger partial charge in [0.25, 0.3) is 0 Å². The van der Waals surface area contributed by atoms with Gasteiger partial charge in [-0.25, -0.2) is 9.18 Å². The number of carbonyl (C=O) groups excluding carboxylic acids is 2. The van der Waals surface area contributed by atoms with Crippen LogP contribution in [-0.4, -0.2) is 33.5 Å². The topological polar surface area (TPSA) is 114 Å². The summed E-state index contributed by atoms with van der Waals surface area (Å²) in [6, 6.07) is 0. The highest BCUT2D eigenvalue weighted by Crippen LogP contribution is 2.37. The van der Waals surface area contributed by atoms with Crippen LogP contribution in [0.4, 0.5) is 10.2 Å². The zero-order chi connectivity index (χ0) is 17.3. The number of esters is 1. The van der Waals surface area contributed by atoms with Gasteiger partial charge in [-0.1, -0.05) is 0 Å². The average Bonchev–Trinajstić information content (AvgIpc) is 2.70. The first-order valence-electron chi connectivity index (χ1n) is 7.07. The molecule has 2 heterocycles. The lowest BCUT2D eigenvalue weighted by Crippen LogP contribution is -2.37. The van der Waals surface area contributed by atoms with E-state index in [1.807, 2.05) is 0 Å². The Bertz CT molecular complexity index is 689. The second-order valence-corrected chi connectivity index (χ2v) is 5.54. The number of ether oxygens (including phenoxy) is 2. The highest BCUT2D eigenvalue weighted by Gasteiger charge is 2.46. The van der Waals surface area contributed by atoms with E-state index < -0.39 is 47.6 Å². The molecule has 1 fully saturated rings. The number of nitrogen functional groups attached to an aromatic ring is 1. The van der Waals surface area contributed by atoms with Gasteiger partial charge in [-0.15, -0.1) is 0 Å². The summed E-state index contributed by atoms with van der Waals surface area (Å²) in [5, 5.41) is 0. The van der Waals surface area contributed by atoms with Crippen molar-refractivity contribution < 1.29 is 23.5 Å². The number of hydrogen-bond donors (Lipinski definition) is 1. The molecule has 1 saturated heterocycles. The van der Waals surface area contributed by atoms with Gasteiger partial charge in [-0.3, -0.25) is 9.36 Å². The van der Waals surface area contributed by atoms with Crippen molar-refractivity contribution in [2.75, 3.05) is 5.73 Å². The number of carbonyl (C=O) groups is 2. The van der Waals surface area contributed by atoms with Crippen LogP contribution in [0.3, 0.4) is 0 Å². The predicted octanol–water partition coefficient (Wildman–Crippen LogP) is 0.409. The van der Waals surface area contributed by atoms with Crippen LogP contribution >= 0.6 is 0 Å². The molecule has 0 amide bonds. The highest BCUT2D eigenvalue weighted by atomic mass is 19.1. The van der Waals surface area contributed by atoms with Crippen molar-refractivity contribution in [2.24, 2.45) is 5.92 Å². The Labute approximate surface area is 131 Å². The lowest BCUT2D eigenvalue weighted by atomic mass is 9.93. The fourth-order valence-corrected chi connectivity index (χ4v) is 2.69. The molecule has 0 radical (unpaired) electrons. The van der Waals surface area contributed by atoms with Gasteiger partial charge in [-0.2, -0.15) is 4.98 Å². The summed E-state index contributed by atoms with van der Waals surface area (Å²) in [6.45, 7) is 4.30. The third-order valence-electron chi connectivity index (χ3n) is 3.69. The van der Waals surface area contributed by atoms with E-state index in [9.17, 15) is 18.8 Å². The summed E-state index contributed by atoms with van der Waals surface area (Å²) < 4.78 is 25.4. The molecule has 0 unspecified atom stereocenters. The van der Waals surface area contributed by atoms with E-state index in [0.717, 1.165) is 10.8 Å². The number of Topliss-reactive ketones (excluding diaryl/α,β-unsaturated/α-hetero) is 1. The molecule has 0 aliphatic carbocycles. The Morgan fingerprint density at radius 3 is 2.70 bits per heavy atom. The second kappa shape index (κ2) is 6.45. The maximum atomic E-state index is 13.6. The molecule has 1 aliphatic heterocycles. The van der Waals surface area contributed by atoms with E-state index >= 15 is 0 Å². The van der Waals surface area contributed by atoms with Crippen LogP contribution in [0.2, 0.25) is 0 Å². The molecule has 1 aromatic heterocycles. The monoisotopic (exact) mass is 327 g/mol. The van der Waals surface area contributed by atoms with Crippen molar-refractivity contribution in [2.45, 2.75) is 45.6 Å². The molecule has 23 heavy (non-hydrogen) atoms. The molecular formula is C14H18FN3O5. The van der Waals surface area contributed by atoms with Gasteiger partial charge >= 0.3 is 11.7 Å². The van der Waals surface area contributed by atoms with Gasteiger partial charge in [0.05, 0.1) is 12.3 Å². The normalized spacial score (nSPS) is 27.0. The molecular weight excluding hydrogens is 309 g/mol. The molecule has 126 valence electrons. The molecule has 2 rings (SSSR count). The summed E-state index contributed by atoms with van der Waals surface area (Å²) in [5.74, 6) is -2.58. The highest BCUT2D eigenvalue weighted by molar-refractivity contribution is 5.76. The summed E-state index contributed by atoms with van der Waals surface area (Å²) >= 11 is 0. The molecule has 0 saturated carbocycles. The molecule has 8 nitrogen and oxygen atoms in total. The minimum Gasteiger partial charge on any atom is -0.457 e. The standard InChI is InChI=1S/C14H18FN3O5/c1-6(19)4-9-7(2)22-13(11(9)23-8(3)20)18-5-10(15)12(16)17-14(18)21/h5,7,9,11,13H,4H2,1-3H3,(H2,16,17,21)/t7-,9-,11-,13-/m1/s1. The number of halogens is 1. The van der Waals surface area contributed by atoms with Crippen LogP contribution in [0.1, 0.15) is 33.4 Å². The fourth-order valence-electron chi connectivity index (χ4n) is 2.69. The van der Waals surface area contributed by atoms with Crippen LogP contribution in [0.25, 0.3) is 0 Å². The second-order valence-electron chi connectivity index (χ2n) is 5.54. The lowest BCUT2D eigenvalue weighted by molar-refractivity contribution is -0.154. The number of hydrogen-bond acceptors (Lipinski definition) is 7. The number of nitrogens with two attached hydrogens (primary N) is 1. The van der Waals surface area contributed by atoms with Gasteiger partial charge in [0.1, 0.15) is 5.78 Å². The van der Waals surface area contributed by atoms with Crippen molar-refractivity contribution in [1.29, 1.82) is 0 Å². The molecule has 1 aromatic rings. The Morgan fingerprint density at radius 1 is 1.48 bits per heavy atom. The van der Waals surface area contributed by atoms with Crippen LogP contribution in [-0.2, 0) is 19.1 Å². The first-order valence-corrected chi connectivity index (χ1v) is 7.07. The van der Waals surface area contributed by atoms with E-state index in [4.69, 9.17) is 15.2 Å². The summed E-state index contributed by atoms with van der Waals surface area (Å²) in [4.78, 5) is 38.1. The van der Waals surface area contributed by atoms with Crippen molar-refractivity contribution >= 4 is 17.6 Å². The zero-order valence-corrected chi connectivity index (χ0v) is 13.0. The Balaban J connectivity index is 2.43. The summed E-state index contributed by atoms with van der Waals surface area (Å²) in [6.07, 6.45) is -1.49. The minimum absolute atomic E-state index is 0.106. The zero-order valence-electron chi connectivity index (χ0n) is 13.0. The van der Waals surface area contributed by atoms with Crippen LogP contribution < -0.4 is 11.4 Å². The number of aromatic nitrogens is 2. The molecule has 9 heteroatoms. The Hall–Kier alpha value is -2.29. The lowest BCUT2D eigenvalue weighted by Gasteiger charge is -2.23. The first kappa shape index (κ1) is 17.1. The van der Waals surface area contributed by atoms with Crippen molar-refractivity contribution in [3.05, 3.63) is 22.5 Å². The fraction of sp³-hybridized carbons (Fsp3) is 0.571. The number of anilines is 1. The number of rotatable bonds is 4. The summed E-state index contributed by atoms with van der Waals surface area (Å²) in [5.41, 5.74) is 4.42. The summed E-state index contributed by atoms with van der Waals surface area (Å²) in [7, 11) is 0. The van der Waals surface area contributed by atoms with Crippen molar-refractivity contribution in [3.8, 4) is 0 Å². The van der Waals surface area contributed by atoms with Gasteiger partial charge in [0.15, 0.2) is 24.0 Å². The number of ketones is 1. The third-order valence-corrected chi connectivity index (χ3v) is 3.69. The van der Waals surface area contributed by atoms with Crippen LogP contribution in [0.15, 0.2) is 11.0 Å². The largest absolute Gasteiger partial charge is 0.457 e. The third kappa shape index (κ3) is 3.55. The van der Waals surface area contributed by atoms with E-state index in [-0.39, 0.29) is 12.2 Å². The van der Waals surface area contributed by atoms with Gasteiger partial charge in [0, 0.05) is 19.3 Å². The van der Waals surface area contributed by atoms with Crippen molar-refractivity contribution in [3.63, 3.8) is 0 Å². The van der Waals surface area contributed by atoms with E-state index in [2.05, 4.69) is 4.98 Å². The van der Waals surface area contributed by atoms with E-state index in [0.29, 0.717) is 0 Å². The number of nitrogens with zero attached hydrogens (tertiary/aromatic N) is 2. The van der Waals surface area contributed by atoms with Crippen molar-refractivity contribution in [1.82, 2.24) is 9.55 Å². The van der Waals surface area contributed by atoms with Crippen LogP contribution in [0, 0.1) is 11.7 Å². The van der Waals surface area contributed by atoms with Gasteiger partial charge < -0.3 is 20.0 Å². The Morgan fingerprint density at radius 2 is 2.13 bits per heavy atom. The first-order chi connectivity index (χ1) is 10.7. The predicted molar refractivity (Wildman–Crippen MR) is 76.8 cm³/mol. The molecule has 2 N–H and O–H groups in total. The quantitative estimate of drug-likeness (QED) is 0.797. The maximum absolute atomic E-state index is 13.6. The smallest absolute Gasteiger partial charge is 0.351 e. The van der Waals surface area contributed by atoms with Gasteiger partial charge in [0.2, 0.25) is 0 Å². The molecule has 0 spiro atoms. The van der Waals surface area contributed by atoms with Crippen LogP contribution in [0.5, 0.6) is 0 Å². The maximum Gasteiger partial charge on any atom is 0.351 e. The molecule has 1 aliphatic rings. The minimum atomic E-state index is -1.08. The molecule has 4 atom stereocenters. The average molecular weight is 327 g/mol. The molecule has 0 aromatic carbocycles. The van der Waals surface area contributed by atoms with E-state index in [1.165, 1.54) is 13.8 Å². The Kier molecular flexibility index (Phi) is 4.79.